The molecule has 120 valence electrons. The van der Waals surface area contributed by atoms with Gasteiger partial charge in [-0.25, -0.2) is 0 Å². The molecule has 2 aromatic carbocycles. The van der Waals surface area contributed by atoms with E-state index in [1.807, 2.05) is 18.2 Å². The Kier molecular flexibility index (Phi) is 4.30. The van der Waals surface area contributed by atoms with Crippen molar-refractivity contribution in [3.05, 3.63) is 42.6 Å². The predicted octanol–water partition coefficient (Wildman–Crippen LogP) is 0.748. The van der Waals surface area contributed by atoms with Gasteiger partial charge in [0.15, 0.2) is 5.82 Å². The van der Waals surface area contributed by atoms with Crippen molar-refractivity contribution in [3.63, 3.8) is 0 Å². The van der Waals surface area contributed by atoms with Gasteiger partial charge in [-0.3, -0.25) is 4.79 Å². The molecule has 0 bridgehead atoms. The number of benzene rings is 2. The Labute approximate surface area is 138 Å². The summed E-state index contributed by atoms with van der Waals surface area (Å²) in [5.74, 6) is 0.973. The van der Waals surface area contributed by atoms with Gasteiger partial charge in [-0.1, -0.05) is 12.1 Å². The first-order valence-corrected chi connectivity index (χ1v) is 7.10. The second kappa shape index (κ2) is 6.55. The van der Waals surface area contributed by atoms with Crippen molar-refractivity contribution < 1.29 is 19.2 Å². The first-order chi connectivity index (χ1) is 11.6. The maximum atomic E-state index is 10.4. The van der Waals surface area contributed by atoms with Crippen molar-refractivity contribution in [1.29, 1.82) is 0 Å². The van der Waals surface area contributed by atoms with E-state index in [1.165, 1.54) is 0 Å². The molecule has 0 aliphatic heterocycles. The Morgan fingerprint density at radius 3 is 2.83 bits per heavy atom. The molecule has 0 radical (unpaired) electrons. The van der Waals surface area contributed by atoms with E-state index >= 15 is 0 Å². The average molecular weight is 323 g/mol. The number of carbonyl (C=O) groups excluding carboxylic acids is 1. The molecule has 0 fully saturated rings. The van der Waals surface area contributed by atoms with Crippen LogP contribution in [0, 0.1) is 0 Å². The van der Waals surface area contributed by atoms with Crippen LogP contribution in [0.4, 0.5) is 5.82 Å². The van der Waals surface area contributed by atoms with Gasteiger partial charge in [0.05, 0.1) is 13.3 Å². The van der Waals surface area contributed by atoms with Gasteiger partial charge in [0.2, 0.25) is 0 Å². The molecule has 7 nitrogen and oxygen atoms in total. The van der Waals surface area contributed by atoms with Crippen LogP contribution in [0.25, 0.3) is 21.9 Å². The fraction of sp³-hybridized carbons (Fsp3) is 0.0625. The van der Waals surface area contributed by atoms with E-state index < -0.39 is 7.12 Å². The van der Waals surface area contributed by atoms with Gasteiger partial charge in [0.1, 0.15) is 5.75 Å². The Morgan fingerprint density at radius 2 is 2.08 bits per heavy atom. The molecule has 0 aliphatic carbocycles. The van der Waals surface area contributed by atoms with Crippen LogP contribution < -0.4 is 15.9 Å². The van der Waals surface area contributed by atoms with Crippen LogP contribution in [0.2, 0.25) is 0 Å². The highest BCUT2D eigenvalue weighted by atomic mass is 16.5. The summed E-state index contributed by atoms with van der Waals surface area (Å²) >= 11 is 0. The van der Waals surface area contributed by atoms with E-state index in [0.717, 1.165) is 21.9 Å². The summed E-state index contributed by atoms with van der Waals surface area (Å²) < 4.78 is 9.96. The third-order valence-electron chi connectivity index (χ3n) is 3.69. The smallest absolute Gasteiger partial charge is 0.508 e. The van der Waals surface area contributed by atoms with Crippen LogP contribution in [0.5, 0.6) is 5.75 Å². The van der Waals surface area contributed by atoms with Gasteiger partial charge in [-0.15, -0.1) is 5.10 Å². The van der Waals surface area contributed by atoms with Crippen molar-refractivity contribution in [2.45, 2.75) is 0 Å². The molecule has 0 atom stereocenters. The lowest BCUT2D eigenvalue weighted by Gasteiger charge is -2.12. The number of carbonyl (C=O) groups is 1. The summed E-state index contributed by atoms with van der Waals surface area (Å²) in [7, 11) is 0.218. The molecule has 0 saturated carbocycles. The molecule has 3 N–H and O–H groups in total. The van der Waals surface area contributed by atoms with Crippen molar-refractivity contribution in [2.24, 2.45) is 0 Å². The van der Waals surface area contributed by atoms with Gasteiger partial charge in [-0.2, -0.15) is 5.10 Å². The molecule has 24 heavy (non-hydrogen) atoms. The van der Waals surface area contributed by atoms with Gasteiger partial charge < -0.3 is 20.1 Å². The molecule has 1 heterocycles. The summed E-state index contributed by atoms with van der Waals surface area (Å²) in [6.45, 7) is 0.200. The van der Waals surface area contributed by atoms with E-state index in [4.69, 9.17) is 10.5 Å². The van der Waals surface area contributed by atoms with Crippen LogP contribution in [0.15, 0.2) is 42.6 Å². The number of rotatable bonds is 5. The minimum Gasteiger partial charge on any atom is -0.508 e. The third kappa shape index (κ3) is 2.87. The van der Waals surface area contributed by atoms with Gasteiger partial charge in [0.25, 0.3) is 6.47 Å². The monoisotopic (exact) mass is 323 g/mol. The molecule has 3 aromatic rings. The van der Waals surface area contributed by atoms with Gasteiger partial charge in [0, 0.05) is 16.3 Å². The van der Waals surface area contributed by atoms with Gasteiger partial charge in [-0.05, 0) is 35.3 Å². The number of anilines is 1. The number of aromatic nitrogens is 2. The Bertz CT molecular complexity index is 904. The van der Waals surface area contributed by atoms with E-state index in [2.05, 4.69) is 14.9 Å². The maximum absolute atomic E-state index is 10.4. The van der Waals surface area contributed by atoms with E-state index in [1.54, 1.807) is 31.5 Å². The molecule has 0 aliphatic rings. The summed E-state index contributed by atoms with van der Waals surface area (Å²) in [6, 6.07) is 10.6. The normalized spacial score (nSPS) is 10.4. The lowest BCUT2D eigenvalue weighted by molar-refractivity contribution is -0.121. The summed E-state index contributed by atoms with van der Waals surface area (Å²) in [5.41, 5.74) is 7.83. The average Bonchev–Trinajstić information content (AvgIpc) is 2.61. The van der Waals surface area contributed by atoms with Crippen LogP contribution in [-0.4, -0.2) is 35.9 Å². The van der Waals surface area contributed by atoms with E-state index in [-0.39, 0.29) is 6.47 Å². The zero-order valence-corrected chi connectivity index (χ0v) is 12.8. The number of nitrogens with zero attached hydrogens (tertiary/aromatic N) is 2. The van der Waals surface area contributed by atoms with Crippen molar-refractivity contribution in [2.75, 3.05) is 12.8 Å². The number of methoxy groups -OCH3 is 1. The predicted molar refractivity (Wildman–Crippen MR) is 90.7 cm³/mol. The zero-order chi connectivity index (χ0) is 17.1. The standard InChI is InChI=1S/C16H14BN3O4/c1-23-15-5-3-12(17(22)24-9-21)7-14(15)10-2-4-13-11(6-10)8-19-20-16(13)18/h2-9,22H,1H3,(H2,18,20). The van der Waals surface area contributed by atoms with Crippen LogP contribution in [0.3, 0.4) is 0 Å². The summed E-state index contributed by atoms with van der Waals surface area (Å²) in [4.78, 5) is 10.4. The maximum Gasteiger partial charge on any atom is 0.561 e. The van der Waals surface area contributed by atoms with Crippen LogP contribution in [0.1, 0.15) is 0 Å². The van der Waals surface area contributed by atoms with Crippen LogP contribution >= 0.6 is 0 Å². The second-order valence-electron chi connectivity index (χ2n) is 5.08. The second-order valence-corrected chi connectivity index (χ2v) is 5.08. The SMILES string of the molecule is COc1ccc(B(O)OC=O)cc1-c1ccc2c(N)nncc2c1. The molecule has 0 saturated heterocycles. The number of nitrogens with two attached hydrogens (primary N) is 1. The molecular formula is C16H14BN3O4. The quantitative estimate of drug-likeness (QED) is 0.527. The highest BCUT2D eigenvalue weighted by Crippen LogP contribution is 2.31. The van der Waals surface area contributed by atoms with Crippen molar-refractivity contribution >= 4 is 35.6 Å². The minimum absolute atomic E-state index is 0.200. The molecule has 8 heteroatoms. The number of ether oxygens (including phenoxy) is 1. The third-order valence-corrected chi connectivity index (χ3v) is 3.69. The molecular weight excluding hydrogens is 309 g/mol. The highest BCUT2D eigenvalue weighted by Gasteiger charge is 2.20. The number of hydrogen-bond donors (Lipinski definition) is 2. The Hall–Kier alpha value is -3.13. The first kappa shape index (κ1) is 15.8. The van der Waals surface area contributed by atoms with Crippen molar-refractivity contribution in [1.82, 2.24) is 10.2 Å². The Balaban J connectivity index is 2.13. The van der Waals surface area contributed by atoms with Gasteiger partial charge >= 0.3 is 7.12 Å². The molecule has 1 aromatic heterocycles. The van der Waals surface area contributed by atoms with E-state index in [0.29, 0.717) is 17.0 Å². The fourth-order valence-electron chi connectivity index (χ4n) is 2.51. The molecule has 3 rings (SSSR count). The topological polar surface area (TPSA) is 108 Å². The fourth-order valence-corrected chi connectivity index (χ4v) is 2.51. The minimum atomic E-state index is -1.34. The zero-order valence-electron chi connectivity index (χ0n) is 12.8. The highest BCUT2D eigenvalue weighted by molar-refractivity contribution is 6.61. The Morgan fingerprint density at radius 1 is 1.25 bits per heavy atom. The number of fused-ring (bicyclic) bond motifs is 1. The largest absolute Gasteiger partial charge is 0.561 e. The first-order valence-electron chi connectivity index (χ1n) is 7.10. The molecule has 0 spiro atoms. The lowest BCUT2D eigenvalue weighted by atomic mass is 9.78. The van der Waals surface area contributed by atoms with Crippen LogP contribution in [-0.2, 0) is 9.45 Å². The number of hydrogen-bond acceptors (Lipinski definition) is 7. The molecule has 0 amide bonds. The summed E-state index contributed by atoms with van der Waals surface area (Å²) in [5, 5.41) is 19.1. The van der Waals surface area contributed by atoms with Crippen molar-refractivity contribution in [3.8, 4) is 16.9 Å². The molecule has 0 unspecified atom stereocenters. The lowest BCUT2D eigenvalue weighted by Crippen LogP contribution is -2.33. The summed E-state index contributed by atoms with van der Waals surface area (Å²) in [6.07, 6.45) is 1.62. The number of nitrogen functional groups attached to an aromatic ring is 1. The van der Waals surface area contributed by atoms with E-state index in [9.17, 15) is 9.82 Å².